The third kappa shape index (κ3) is 3.69. The van der Waals surface area contributed by atoms with Gasteiger partial charge in [-0.05, 0) is 37.6 Å². The molecule has 2 heterocycles. The molecule has 6 heteroatoms. The summed E-state index contributed by atoms with van der Waals surface area (Å²) < 4.78 is 0. The third-order valence-corrected chi connectivity index (χ3v) is 5.47. The first kappa shape index (κ1) is 15.5. The van der Waals surface area contributed by atoms with E-state index in [2.05, 4.69) is 10.4 Å². The van der Waals surface area contributed by atoms with Crippen LogP contribution in [0, 0.1) is 6.92 Å². The van der Waals surface area contributed by atoms with Crippen molar-refractivity contribution in [1.29, 1.82) is 0 Å². The second-order valence-corrected chi connectivity index (χ2v) is 7.48. The van der Waals surface area contributed by atoms with Gasteiger partial charge in [0.2, 0.25) is 0 Å². The summed E-state index contributed by atoms with van der Waals surface area (Å²) in [6, 6.07) is 7.68. The molecule has 1 atom stereocenters. The highest BCUT2D eigenvalue weighted by atomic mass is 32.2. The lowest BCUT2D eigenvalue weighted by Gasteiger charge is -2.15. The summed E-state index contributed by atoms with van der Waals surface area (Å²) in [5.41, 5.74) is 1.78. The molecule has 22 heavy (non-hydrogen) atoms. The van der Waals surface area contributed by atoms with E-state index in [1.54, 1.807) is 28.0 Å². The third-order valence-electron chi connectivity index (χ3n) is 3.61. The maximum Gasteiger partial charge on any atom is 0.253 e. The van der Waals surface area contributed by atoms with Crippen LogP contribution < -0.4 is 0 Å². The van der Waals surface area contributed by atoms with E-state index in [9.17, 15) is 9.90 Å². The minimum absolute atomic E-state index is 0.00299. The Kier molecular flexibility index (Phi) is 4.81. The van der Waals surface area contributed by atoms with Crippen molar-refractivity contribution < 1.29 is 9.90 Å². The molecular weight excluding hydrogens is 316 g/mol. The van der Waals surface area contributed by atoms with Crippen molar-refractivity contribution in [2.45, 2.75) is 30.1 Å². The fourth-order valence-electron chi connectivity index (χ4n) is 2.43. The zero-order chi connectivity index (χ0) is 15.5. The van der Waals surface area contributed by atoms with Crippen LogP contribution in [0.25, 0.3) is 0 Å². The Bertz CT molecular complexity index is 654. The summed E-state index contributed by atoms with van der Waals surface area (Å²) in [7, 11) is 0. The highest BCUT2D eigenvalue weighted by Crippen LogP contribution is 2.24. The number of nitrogens with zero attached hydrogens (tertiary/aromatic N) is 2. The minimum Gasteiger partial charge on any atom is -0.391 e. The number of aliphatic hydroxyl groups excluding tert-OH is 1. The number of thiazole rings is 1. The maximum atomic E-state index is 12.3. The van der Waals surface area contributed by atoms with Gasteiger partial charge >= 0.3 is 0 Å². The molecule has 1 N–H and O–H groups in total. The lowest BCUT2D eigenvalue weighted by molar-refractivity contribution is 0.0765. The van der Waals surface area contributed by atoms with Crippen LogP contribution in [-0.4, -0.2) is 40.1 Å². The number of aryl methyl sites for hydroxylation is 1. The first-order valence-corrected chi connectivity index (χ1v) is 9.09. The Hall–Kier alpha value is -1.37. The van der Waals surface area contributed by atoms with Crippen molar-refractivity contribution in [3.05, 3.63) is 45.9 Å². The maximum absolute atomic E-state index is 12.3. The van der Waals surface area contributed by atoms with E-state index in [0.29, 0.717) is 25.1 Å². The molecule has 116 valence electrons. The largest absolute Gasteiger partial charge is 0.391 e. The summed E-state index contributed by atoms with van der Waals surface area (Å²) in [6.07, 6.45) is 0.299. The molecule has 1 aromatic heterocycles. The molecule has 3 rings (SSSR count). The van der Waals surface area contributed by atoms with E-state index in [1.165, 1.54) is 0 Å². The number of aliphatic hydroxyl groups is 1. The average Bonchev–Trinajstić information content (AvgIpc) is 3.13. The van der Waals surface area contributed by atoms with Crippen LogP contribution in [0.2, 0.25) is 0 Å². The number of aromatic nitrogens is 1. The van der Waals surface area contributed by atoms with Gasteiger partial charge in [-0.2, -0.15) is 0 Å². The van der Waals surface area contributed by atoms with E-state index in [-0.39, 0.29) is 12.0 Å². The number of hydrogen-bond donors (Lipinski definition) is 1. The average molecular weight is 334 g/mol. The molecule has 2 aromatic rings. The first-order valence-electron chi connectivity index (χ1n) is 7.23. The normalized spacial score (nSPS) is 17.9. The van der Waals surface area contributed by atoms with Crippen molar-refractivity contribution >= 4 is 29.0 Å². The molecule has 0 spiro atoms. The van der Waals surface area contributed by atoms with Gasteiger partial charge in [-0.3, -0.25) is 4.79 Å². The van der Waals surface area contributed by atoms with Gasteiger partial charge in [-0.15, -0.1) is 23.1 Å². The fraction of sp³-hybridized carbons (Fsp3) is 0.375. The van der Waals surface area contributed by atoms with Gasteiger partial charge in [-0.25, -0.2) is 4.98 Å². The molecule has 0 saturated carbocycles. The predicted octanol–water partition coefficient (Wildman–Crippen LogP) is 2.95. The summed E-state index contributed by atoms with van der Waals surface area (Å²) in [5, 5.41) is 12.7. The Labute approximate surface area is 138 Å². The smallest absolute Gasteiger partial charge is 0.253 e. The summed E-state index contributed by atoms with van der Waals surface area (Å²) in [4.78, 5) is 19.6. The van der Waals surface area contributed by atoms with Crippen molar-refractivity contribution in [3.8, 4) is 0 Å². The van der Waals surface area contributed by atoms with E-state index in [1.807, 2.05) is 31.2 Å². The Balaban J connectivity index is 1.59. The topological polar surface area (TPSA) is 53.4 Å². The van der Waals surface area contributed by atoms with Crippen LogP contribution >= 0.6 is 23.1 Å². The summed E-state index contributed by atoms with van der Waals surface area (Å²) in [6.45, 7) is 3.09. The molecule has 1 aromatic carbocycles. The van der Waals surface area contributed by atoms with Crippen LogP contribution in [0.3, 0.4) is 0 Å². The molecule has 1 aliphatic rings. The van der Waals surface area contributed by atoms with E-state index < -0.39 is 0 Å². The number of likely N-dealkylation sites (tertiary alicyclic amines) is 1. The number of thioether (sulfide) groups is 1. The van der Waals surface area contributed by atoms with Crippen LogP contribution in [0.1, 0.15) is 27.5 Å². The van der Waals surface area contributed by atoms with Crippen LogP contribution in [-0.2, 0) is 5.75 Å². The lowest BCUT2D eigenvalue weighted by atomic mass is 10.2. The fourth-order valence-corrected chi connectivity index (χ4v) is 3.94. The molecule has 1 amide bonds. The second kappa shape index (κ2) is 6.81. The number of hydrogen-bond acceptors (Lipinski definition) is 5. The molecule has 0 unspecified atom stereocenters. The van der Waals surface area contributed by atoms with Gasteiger partial charge in [0.05, 0.1) is 16.8 Å². The number of β-amino-alcohol motifs (C(OH)–C–C–N with tert-alkyl or cyclic N) is 1. The van der Waals surface area contributed by atoms with E-state index >= 15 is 0 Å². The Morgan fingerprint density at radius 3 is 2.82 bits per heavy atom. The molecule has 4 nitrogen and oxygen atoms in total. The molecule has 1 aliphatic heterocycles. The van der Waals surface area contributed by atoms with Gasteiger partial charge in [0.25, 0.3) is 5.91 Å². The zero-order valence-corrected chi connectivity index (χ0v) is 14.0. The number of benzene rings is 1. The van der Waals surface area contributed by atoms with Gasteiger partial charge < -0.3 is 10.0 Å². The van der Waals surface area contributed by atoms with Crippen LogP contribution in [0.15, 0.2) is 34.5 Å². The standard InChI is InChI=1S/C16H18N2O2S2/c1-11-17-13(9-21-11)10-22-15-4-2-12(3-5-15)16(20)18-7-6-14(19)8-18/h2-5,9,14,19H,6-8,10H2,1H3/t14-/m1/s1. The predicted molar refractivity (Wildman–Crippen MR) is 89.4 cm³/mol. The van der Waals surface area contributed by atoms with Crippen molar-refractivity contribution in [2.75, 3.05) is 13.1 Å². The lowest BCUT2D eigenvalue weighted by Crippen LogP contribution is -2.29. The minimum atomic E-state index is -0.375. The molecule has 1 fully saturated rings. The van der Waals surface area contributed by atoms with E-state index in [0.717, 1.165) is 21.3 Å². The Morgan fingerprint density at radius 2 is 2.23 bits per heavy atom. The SMILES string of the molecule is Cc1nc(CSc2ccc(C(=O)N3CC[C@@H](O)C3)cc2)cs1. The quantitative estimate of drug-likeness (QED) is 0.874. The van der Waals surface area contributed by atoms with Gasteiger partial charge in [0.1, 0.15) is 0 Å². The van der Waals surface area contributed by atoms with E-state index in [4.69, 9.17) is 0 Å². The molecular formula is C16H18N2O2S2. The molecule has 0 radical (unpaired) electrons. The Morgan fingerprint density at radius 1 is 1.45 bits per heavy atom. The van der Waals surface area contributed by atoms with Crippen molar-refractivity contribution in [2.24, 2.45) is 0 Å². The van der Waals surface area contributed by atoms with Crippen molar-refractivity contribution in [1.82, 2.24) is 9.88 Å². The second-order valence-electron chi connectivity index (χ2n) is 5.36. The van der Waals surface area contributed by atoms with Crippen molar-refractivity contribution in [3.63, 3.8) is 0 Å². The van der Waals surface area contributed by atoms with Gasteiger partial charge in [-0.1, -0.05) is 0 Å². The van der Waals surface area contributed by atoms with Crippen LogP contribution in [0.4, 0.5) is 0 Å². The number of amides is 1. The first-order chi connectivity index (χ1) is 10.6. The van der Waals surface area contributed by atoms with Gasteiger partial charge in [0, 0.05) is 34.7 Å². The molecule has 0 aliphatic carbocycles. The van der Waals surface area contributed by atoms with Crippen LogP contribution in [0.5, 0.6) is 0 Å². The number of carbonyl (C=O) groups excluding carboxylic acids is 1. The zero-order valence-electron chi connectivity index (χ0n) is 12.4. The highest BCUT2D eigenvalue weighted by molar-refractivity contribution is 7.98. The number of carbonyl (C=O) groups is 1. The monoisotopic (exact) mass is 334 g/mol. The summed E-state index contributed by atoms with van der Waals surface area (Å²) in [5.74, 6) is 0.846. The van der Waals surface area contributed by atoms with Gasteiger partial charge in [0.15, 0.2) is 0 Å². The number of rotatable bonds is 4. The highest BCUT2D eigenvalue weighted by Gasteiger charge is 2.25. The molecule has 0 bridgehead atoms. The molecule has 1 saturated heterocycles. The summed E-state index contributed by atoms with van der Waals surface area (Å²) >= 11 is 3.38.